The van der Waals surface area contributed by atoms with E-state index in [1.54, 1.807) is 4.90 Å². The fourth-order valence-electron chi connectivity index (χ4n) is 3.89. The first-order valence-electron chi connectivity index (χ1n) is 10.6. The van der Waals surface area contributed by atoms with Gasteiger partial charge in [-0.05, 0) is 12.6 Å². The van der Waals surface area contributed by atoms with Crippen LogP contribution in [-0.4, -0.2) is 104 Å². The average Bonchev–Trinajstić information content (AvgIpc) is 2.74. The molecule has 2 saturated heterocycles. The molecule has 1 atom stereocenters. The van der Waals surface area contributed by atoms with Gasteiger partial charge in [0.05, 0.1) is 6.04 Å². The molecule has 1 N–H and O–H groups in total. The van der Waals surface area contributed by atoms with Crippen LogP contribution in [0, 0.1) is 0 Å². The zero-order valence-corrected chi connectivity index (χ0v) is 17.8. The molecule has 0 aliphatic carbocycles. The highest BCUT2D eigenvalue weighted by Crippen LogP contribution is 2.21. The summed E-state index contributed by atoms with van der Waals surface area (Å²) in [5.41, 5.74) is 1.01. The molecule has 2 fully saturated rings. The van der Waals surface area contributed by atoms with E-state index in [1.807, 2.05) is 30.3 Å². The second-order valence-corrected chi connectivity index (χ2v) is 8.18. The molecule has 172 valence electrons. The van der Waals surface area contributed by atoms with Gasteiger partial charge in [0.2, 0.25) is 5.91 Å². The van der Waals surface area contributed by atoms with Crippen LogP contribution in [-0.2, 0) is 4.79 Å². The van der Waals surface area contributed by atoms with Gasteiger partial charge in [0, 0.05) is 58.9 Å². The summed E-state index contributed by atoms with van der Waals surface area (Å²) in [6, 6.07) is 9.30. The minimum atomic E-state index is -4.52. The molecule has 0 saturated carbocycles. The molecule has 10 heteroatoms. The molecule has 0 aromatic heterocycles. The van der Waals surface area contributed by atoms with Crippen LogP contribution >= 0.6 is 0 Å². The van der Waals surface area contributed by atoms with Crippen molar-refractivity contribution in [1.29, 1.82) is 0 Å². The molecule has 1 unspecified atom stereocenters. The van der Waals surface area contributed by atoms with Crippen molar-refractivity contribution >= 4 is 11.9 Å². The molecule has 2 heterocycles. The molecular weight excluding hydrogens is 411 g/mol. The Morgan fingerprint density at radius 1 is 0.935 bits per heavy atom. The molecule has 2 aliphatic heterocycles. The normalized spacial score (nSPS) is 19.9. The Morgan fingerprint density at radius 2 is 1.52 bits per heavy atom. The molecule has 31 heavy (non-hydrogen) atoms. The SMILES string of the molecule is CN1CCN(CC(NC(=O)N2CCN(C(=O)CC(F)(F)F)CC2)c2ccccc2)CC1. The average molecular weight is 441 g/mol. The van der Waals surface area contributed by atoms with Crippen molar-refractivity contribution in [2.45, 2.75) is 18.6 Å². The first-order chi connectivity index (χ1) is 14.7. The Balaban J connectivity index is 1.56. The third-order valence-corrected chi connectivity index (χ3v) is 5.81. The third-order valence-electron chi connectivity index (χ3n) is 5.81. The van der Waals surface area contributed by atoms with Crippen LogP contribution in [0.15, 0.2) is 30.3 Å². The lowest BCUT2D eigenvalue weighted by atomic mass is 10.1. The Bertz CT molecular complexity index is 730. The maximum atomic E-state index is 12.9. The Morgan fingerprint density at radius 3 is 2.10 bits per heavy atom. The number of nitrogens with one attached hydrogen (secondary N) is 1. The molecular formula is C21H30F3N5O2. The molecule has 0 radical (unpaired) electrons. The number of likely N-dealkylation sites (N-methyl/N-ethyl adjacent to an activating group) is 1. The quantitative estimate of drug-likeness (QED) is 0.757. The van der Waals surface area contributed by atoms with Crippen LogP contribution in [0.25, 0.3) is 0 Å². The maximum absolute atomic E-state index is 12.9. The largest absolute Gasteiger partial charge is 0.397 e. The van der Waals surface area contributed by atoms with E-state index in [1.165, 1.54) is 4.90 Å². The molecule has 3 amide bonds. The van der Waals surface area contributed by atoms with E-state index >= 15 is 0 Å². The van der Waals surface area contributed by atoms with Gasteiger partial charge in [-0.3, -0.25) is 9.69 Å². The topological polar surface area (TPSA) is 59.1 Å². The van der Waals surface area contributed by atoms with Crippen molar-refractivity contribution in [3.05, 3.63) is 35.9 Å². The van der Waals surface area contributed by atoms with E-state index < -0.39 is 18.5 Å². The number of halogens is 3. The Labute approximate surface area is 180 Å². The standard InChI is InChI=1S/C21H30F3N5O2/c1-26-7-9-27(10-8-26)16-18(17-5-3-2-4-6-17)25-20(31)29-13-11-28(12-14-29)19(30)15-21(22,23)24/h2-6,18H,7-16H2,1H3,(H,25,31). The minimum absolute atomic E-state index is 0.108. The lowest BCUT2D eigenvalue weighted by Crippen LogP contribution is -2.55. The van der Waals surface area contributed by atoms with Gasteiger partial charge in [0.1, 0.15) is 6.42 Å². The number of hydrogen-bond acceptors (Lipinski definition) is 4. The Kier molecular flexibility index (Phi) is 7.77. The molecule has 3 rings (SSSR count). The number of hydrogen-bond donors (Lipinski definition) is 1. The monoisotopic (exact) mass is 441 g/mol. The predicted octanol–water partition coefficient (Wildman–Crippen LogP) is 1.78. The van der Waals surface area contributed by atoms with Crippen molar-refractivity contribution in [2.75, 3.05) is 66.0 Å². The smallest absolute Gasteiger partial charge is 0.339 e. The van der Waals surface area contributed by atoms with Crippen molar-refractivity contribution in [3.63, 3.8) is 0 Å². The van der Waals surface area contributed by atoms with Gasteiger partial charge in [0.15, 0.2) is 0 Å². The van der Waals surface area contributed by atoms with Crippen LogP contribution in [0.4, 0.5) is 18.0 Å². The van der Waals surface area contributed by atoms with Gasteiger partial charge in [-0.2, -0.15) is 13.2 Å². The molecule has 2 aliphatic rings. The number of alkyl halides is 3. The summed E-state index contributed by atoms with van der Waals surface area (Å²) in [7, 11) is 2.09. The van der Waals surface area contributed by atoms with E-state index in [-0.39, 0.29) is 38.3 Å². The van der Waals surface area contributed by atoms with E-state index in [0.29, 0.717) is 6.54 Å². The van der Waals surface area contributed by atoms with Gasteiger partial charge in [-0.25, -0.2) is 4.79 Å². The number of nitrogens with zero attached hydrogens (tertiary/aromatic N) is 4. The fraction of sp³-hybridized carbons (Fsp3) is 0.619. The lowest BCUT2D eigenvalue weighted by Gasteiger charge is -2.37. The van der Waals surface area contributed by atoms with Gasteiger partial charge in [-0.1, -0.05) is 30.3 Å². The summed E-state index contributed by atoms with van der Waals surface area (Å²) in [5, 5.41) is 3.09. The van der Waals surface area contributed by atoms with Crippen LogP contribution in [0.1, 0.15) is 18.0 Å². The summed E-state index contributed by atoms with van der Waals surface area (Å²) in [6.07, 6.45) is -5.97. The van der Waals surface area contributed by atoms with Gasteiger partial charge >= 0.3 is 12.2 Å². The molecule has 0 spiro atoms. The lowest BCUT2D eigenvalue weighted by molar-refractivity contribution is -0.162. The van der Waals surface area contributed by atoms with Gasteiger partial charge < -0.3 is 20.0 Å². The number of carbonyl (C=O) groups excluding carboxylic acids is 2. The van der Waals surface area contributed by atoms with Crippen LogP contribution in [0.2, 0.25) is 0 Å². The molecule has 7 nitrogen and oxygen atoms in total. The van der Waals surface area contributed by atoms with Crippen LogP contribution in [0.5, 0.6) is 0 Å². The minimum Gasteiger partial charge on any atom is -0.339 e. The zero-order valence-electron chi connectivity index (χ0n) is 17.8. The van der Waals surface area contributed by atoms with E-state index in [9.17, 15) is 22.8 Å². The van der Waals surface area contributed by atoms with Crippen molar-refractivity contribution in [1.82, 2.24) is 24.9 Å². The molecule has 1 aromatic rings. The van der Waals surface area contributed by atoms with Crippen molar-refractivity contribution in [2.24, 2.45) is 0 Å². The number of carbonyl (C=O) groups is 2. The highest BCUT2D eigenvalue weighted by atomic mass is 19.4. The van der Waals surface area contributed by atoms with Gasteiger partial charge in [0.25, 0.3) is 0 Å². The zero-order chi connectivity index (χ0) is 22.4. The molecule has 1 aromatic carbocycles. The summed E-state index contributed by atoms with van der Waals surface area (Å²) in [5.74, 6) is -0.940. The first kappa shape index (κ1) is 23.3. The molecule has 0 bridgehead atoms. The fourth-order valence-corrected chi connectivity index (χ4v) is 3.89. The van der Waals surface area contributed by atoms with E-state index in [4.69, 9.17) is 0 Å². The summed E-state index contributed by atoms with van der Waals surface area (Å²) in [4.78, 5) is 32.0. The number of benzene rings is 1. The van der Waals surface area contributed by atoms with E-state index in [0.717, 1.165) is 31.7 Å². The van der Waals surface area contributed by atoms with Gasteiger partial charge in [-0.15, -0.1) is 0 Å². The number of piperazine rings is 2. The second-order valence-electron chi connectivity index (χ2n) is 8.18. The maximum Gasteiger partial charge on any atom is 0.397 e. The summed E-state index contributed by atoms with van der Waals surface area (Å²) in [6.45, 7) is 5.14. The van der Waals surface area contributed by atoms with E-state index in [2.05, 4.69) is 22.2 Å². The van der Waals surface area contributed by atoms with Crippen LogP contribution in [0.3, 0.4) is 0 Å². The number of urea groups is 1. The third kappa shape index (κ3) is 7.10. The Hall–Kier alpha value is -2.33. The van der Waals surface area contributed by atoms with Crippen LogP contribution < -0.4 is 5.32 Å². The number of amides is 3. The van der Waals surface area contributed by atoms with Crippen molar-refractivity contribution in [3.8, 4) is 0 Å². The van der Waals surface area contributed by atoms with Crippen molar-refractivity contribution < 1.29 is 22.8 Å². The summed E-state index contributed by atoms with van der Waals surface area (Å²) < 4.78 is 37.4. The highest BCUT2D eigenvalue weighted by Gasteiger charge is 2.35. The first-order valence-corrected chi connectivity index (χ1v) is 10.6. The predicted molar refractivity (Wildman–Crippen MR) is 110 cm³/mol. The highest BCUT2D eigenvalue weighted by molar-refractivity contribution is 5.78. The second kappa shape index (κ2) is 10.3. The number of rotatable bonds is 5. The summed E-state index contributed by atoms with van der Waals surface area (Å²) >= 11 is 0.